The van der Waals surface area contributed by atoms with E-state index in [0.29, 0.717) is 0 Å². The molecule has 0 saturated carbocycles. The van der Waals surface area contributed by atoms with Crippen LogP contribution in [-0.2, 0) is 0 Å². The van der Waals surface area contributed by atoms with E-state index >= 15 is 0 Å². The van der Waals surface area contributed by atoms with E-state index in [1.54, 1.807) is 6.20 Å². The summed E-state index contributed by atoms with van der Waals surface area (Å²) in [5.41, 5.74) is 0. The van der Waals surface area contributed by atoms with Gasteiger partial charge in [0.05, 0.1) is 0 Å². The van der Waals surface area contributed by atoms with Crippen molar-refractivity contribution in [3.63, 3.8) is 0 Å². The van der Waals surface area contributed by atoms with Crippen molar-refractivity contribution >= 4 is 10.8 Å². The van der Waals surface area contributed by atoms with Crippen LogP contribution in [0, 0.1) is 0 Å². The standard InChI is InChI=1S/C13H14N2O/c1-2-4-12-10(3-1)5-8-15-13(12)16-11-6-7-14-9-11/h1-5,8,11,14H,6-7,9H2. The summed E-state index contributed by atoms with van der Waals surface area (Å²) in [7, 11) is 0. The Bertz CT molecular complexity index is 487. The second kappa shape index (κ2) is 4.10. The van der Waals surface area contributed by atoms with Crippen molar-refractivity contribution in [2.75, 3.05) is 13.1 Å². The zero-order chi connectivity index (χ0) is 10.8. The highest BCUT2D eigenvalue weighted by molar-refractivity contribution is 5.86. The first-order valence-corrected chi connectivity index (χ1v) is 5.64. The van der Waals surface area contributed by atoms with Gasteiger partial charge in [0.15, 0.2) is 0 Å². The smallest absolute Gasteiger partial charge is 0.221 e. The molecule has 0 spiro atoms. The minimum Gasteiger partial charge on any atom is -0.473 e. The predicted molar refractivity (Wildman–Crippen MR) is 63.6 cm³/mol. The Morgan fingerprint density at radius 1 is 1.25 bits per heavy atom. The van der Waals surface area contributed by atoms with E-state index in [9.17, 15) is 0 Å². The Balaban J connectivity index is 1.96. The molecular formula is C13H14N2O. The van der Waals surface area contributed by atoms with Gasteiger partial charge in [-0.3, -0.25) is 0 Å². The van der Waals surface area contributed by atoms with Crippen molar-refractivity contribution in [1.82, 2.24) is 10.3 Å². The summed E-state index contributed by atoms with van der Waals surface area (Å²) in [4.78, 5) is 4.32. The molecule has 3 nitrogen and oxygen atoms in total. The van der Waals surface area contributed by atoms with Crippen LogP contribution in [0.4, 0.5) is 0 Å². The van der Waals surface area contributed by atoms with Crippen LogP contribution in [0.5, 0.6) is 5.88 Å². The minimum atomic E-state index is 0.262. The van der Waals surface area contributed by atoms with E-state index in [1.807, 2.05) is 18.2 Å². The van der Waals surface area contributed by atoms with E-state index < -0.39 is 0 Å². The molecule has 1 saturated heterocycles. The third kappa shape index (κ3) is 1.74. The molecule has 0 bridgehead atoms. The Kier molecular flexibility index (Phi) is 2.46. The van der Waals surface area contributed by atoms with Gasteiger partial charge in [0.1, 0.15) is 6.10 Å². The molecule has 0 amide bonds. The average molecular weight is 214 g/mol. The lowest BCUT2D eigenvalue weighted by atomic mass is 10.2. The minimum absolute atomic E-state index is 0.262. The van der Waals surface area contributed by atoms with Crippen LogP contribution in [0.2, 0.25) is 0 Å². The van der Waals surface area contributed by atoms with E-state index in [-0.39, 0.29) is 6.10 Å². The van der Waals surface area contributed by atoms with Crippen LogP contribution in [0.3, 0.4) is 0 Å². The maximum atomic E-state index is 5.91. The van der Waals surface area contributed by atoms with Gasteiger partial charge in [-0.25, -0.2) is 4.98 Å². The first-order valence-electron chi connectivity index (χ1n) is 5.64. The molecular weight excluding hydrogens is 200 g/mol. The predicted octanol–water partition coefficient (Wildman–Crippen LogP) is 1.98. The number of hydrogen-bond acceptors (Lipinski definition) is 3. The molecule has 1 fully saturated rings. The molecule has 1 unspecified atom stereocenters. The summed E-state index contributed by atoms with van der Waals surface area (Å²) >= 11 is 0. The van der Waals surface area contributed by atoms with Crippen LogP contribution in [0.25, 0.3) is 10.8 Å². The van der Waals surface area contributed by atoms with E-state index in [1.165, 1.54) is 5.39 Å². The number of pyridine rings is 1. The first-order chi connectivity index (χ1) is 7.93. The van der Waals surface area contributed by atoms with Gasteiger partial charge >= 0.3 is 0 Å². The summed E-state index contributed by atoms with van der Waals surface area (Å²) < 4.78 is 5.91. The van der Waals surface area contributed by atoms with Crippen molar-refractivity contribution < 1.29 is 4.74 Å². The topological polar surface area (TPSA) is 34.1 Å². The normalized spacial score (nSPS) is 20.1. The SMILES string of the molecule is c1ccc2c(OC3CCNC3)nccc2c1. The average Bonchev–Trinajstić information content (AvgIpc) is 2.82. The molecule has 1 aromatic carbocycles. The molecule has 2 heterocycles. The summed E-state index contributed by atoms with van der Waals surface area (Å²) in [5, 5.41) is 5.56. The fourth-order valence-electron chi connectivity index (χ4n) is 2.07. The summed E-state index contributed by atoms with van der Waals surface area (Å²) in [6.45, 7) is 1.96. The fraction of sp³-hybridized carbons (Fsp3) is 0.308. The molecule has 0 aliphatic carbocycles. The maximum absolute atomic E-state index is 5.91. The molecule has 0 radical (unpaired) electrons. The van der Waals surface area contributed by atoms with Gasteiger partial charge in [-0.1, -0.05) is 18.2 Å². The number of hydrogen-bond donors (Lipinski definition) is 1. The Morgan fingerprint density at radius 3 is 3.06 bits per heavy atom. The van der Waals surface area contributed by atoms with Crippen molar-refractivity contribution in [3.8, 4) is 5.88 Å². The molecule has 3 heteroatoms. The third-order valence-corrected chi connectivity index (χ3v) is 2.93. The zero-order valence-electron chi connectivity index (χ0n) is 9.02. The van der Waals surface area contributed by atoms with Gasteiger partial charge in [-0.15, -0.1) is 0 Å². The van der Waals surface area contributed by atoms with E-state index in [0.717, 1.165) is 30.8 Å². The van der Waals surface area contributed by atoms with Crippen molar-refractivity contribution in [2.45, 2.75) is 12.5 Å². The maximum Gasteiger partial charge on any atom is 0.221 e. The molecule has 1 aliphatic heterocycles. The fourth-order valence-corrected chi connectivity index (χ4v) is 2.07. The van der Waals surface area contributed by atoms with Crippen LogP contribution in [0.1, 0.15) is 6.42 Å². The highest BCUT2D eigenvalue weighted by Crippen LogP contribution is 2.24. The Labute approximate surface area is 94.5 Å². The lowest BCUT2D eigenvalue weighted by molar-refractivity contribution is 0.217. The lowest BCUT2D eigenvalue weighted by Crippen LogP contribution is -2.20. The summed E-state index contributed by atoms with van der Waals surface area (Å²) in [6.07, 6.45) is 3.13. The number of rotatable bonds is 2. The zero-order valence-corrected chi connectivity index (χ0v) is 9.02. The number of nitrogens with one attached hydrogen (secondary N) is 1. The first kappa shape index (κ1) is 9.60. The number of aromatic nitrogens is 1. The highest BCUT2D eigenvalue weighted by Gasteiger charge is 2.17. The Hall–Kier alpha value is -1.61. The van der Waals surface area contributed by atoms with Crippen LogP contribution in [0.15, 0.2) is 36.5 Å². The van der Waals surface area contributed by atoms with Gasteiger partial charge in [-0.2, -0.15) is 0 Å². The third-order valence-electron chi connectivity index (χ3n) is 2.93. The molecule has 1 N–H and O–H groups in total. The highest BCUT2D eigenvalue weighted by atomic mass is 16.5. The molecule has 2 aromatic rings. The number of nitrogens with zero attached hydrogens (tertiary/aromatic N) is 1. The van der Waals surface area contributed by atoms with Gasteiger partial charge in [0, 0.05) is 18.1 Å². The van der Waals surface area contributed by atoms with Gasteiger partial charge in [0.2, 0.25) is 5.88 Å². The number of ether oxygens (including phenoxy) is 1. The lowest BCUT2D eigenvalue weighted by Gasteiger charge is -2.12. The van der Waals surface area contributed by atoms with Crippen LogP contribution >= 0.6 is 0 Å². The molecule has 3 rings (SSSR count). The van der Waals surface area contributed by atoms with E-state index in [2.05, 4.69) is 22.4 Å². The van der Waals surface area contributed by atoms with Gasteiger partial charge in [-0.05, 0) is 30.5 Å². The molecule has 1 aliphatic rings. The molecule has 16 heavy (non-hydrogen) atoms. The summed E-state index contributed by atoms with van der Waals surface area (Å²) in [5.74, 6) is 0.756. The van der Waals surface area contributed by atoms with Crippen LogP contribution < -0.4 is 10.1 Å². The van der Waals surface area contributed by atoms with Crippen molar-refractivity contribution in [3.05, 3.63) is 36.5 Å². The molecule has 1 aromatic heterocycles. The molecule has 1 atom stereocenters. The second-order valence-electron chi connectivity index (χ2n) is 4.07. The van der Waals surface area contributed by atoms with Crippen molar-refractivity contribution in [2.24, 2.45) is 0 Å². The van der Waals surface area contributed by atoms with Crippen molar-refractivity contribution in [1.29, 1.82) is 0 Å². The quantitative estimate of drug-likeness (QED) is 0.830. The number of benzene rings is 1. The monoisotopic (exact) mass is 214 g/mol. The van der Waals surface area contributed by atoms with Gasteiger partial charge in [0.25, 0.3) is 0 Å². The number of fused-ring (bicyclic) bond motifs is 1. The van der Waals surface area contributed by atoms with Crippen LogP contribution in [-0.4, -0.2) is 24.2 Å². The summed E-state index contributed by atoms with van der Waals surface area (Å²) in [6, 6.07) is 10.2. The second-order valence-corrected chi connectivity index (χ2v) is 4.07. The largest absolute Gasteiger partial charge is 0.473 e. The van der Waals surface area contributed by atoms with Gasteiger partial charge < -0.3 is 10.1 Å². The Morgan fingerprint density at radius 2 is 2.19 bits per heavy atom. The van der Waals surface area contributed by atoms with E-state index in [4.69, 9.17) is 4.74 Å². The molecule has 82 valence electrons.